The lowest BCUT2D eigenvalue weighted by molar-refractivity contribution is 0.353. The summed E-state index contributed by atoms with van der Waals surface area (Å²) in [6.45, 7) is 10.9. The lowest BCUT2D eigenvalue weighted by Crippen LogP contribution is -2.19. The van der Waals surface area contributed by atoms with Crippen LogP contribution in [0, 0.1) is 12.8 Å². The average Bonchev–Trinajstić information content (AvgIpc) is 2.39. The van der Waals surface area contributed by atoms with E-state index < -0.39 is 0 Å². The third-order valence-corrected chi connectivity index (χ3v) is 4.02. The lowest BCUT2D eigenvalue weighted by Gasteiger charge is -2.32. The van der Waals surface area contributed by atoms with E-state index in [1.54, 1.807) is 11.1 Å². The first-order valence-corrected chi connectivity index (χ1v) is 7.35. The van der Waals surface area contributed by atoms with E-state index in [0.29, 0.717) is 0 Å². The van der Waals surface area contributed by atoms with E-state index >= 15 is 0 Å². The predicted molar refractivity (Wildman–Crippen MR) is 77.7 cm³/mol. The fourth-order valence-corrected chi connectivity index (χ4v) is 3.13. The standard InChI is InChI=1S/C15H22.C2H6/c1-4-12-8-9-13-7-6-11(3)10-15(13)14(12)5-2;1-2/h6-7,10,12,14H,4-5,8-9H2,1-3H3;1-2H3. The van der Waals surface area contributed by atoms with Crippen molar-refractivity contribution < 1.29 is 0 Å². The molecule has 2 rings (SSSR count). The molecule has 0 aromatic heterocycles. The third kappa shape index (κ3) is 3.12. The maximum absolute atomic E-state index is 2.42. The van der Waals surface area contributed by atoms with Crippen LogP contribution in [0.3, 0.4) is 0 Å². The van der Waals surface area contributed by atoms with Crippen LogP contribution in [0.4, 0.5) is 0 Å². The van der Waals surface area contributed by atoms with Gasteiger partial charge < -0.3 is 0 Å². The van der Waals surface area contributed by atoms with Gasteiger partial charge >= 0.3 is 0 Å². The fraction of sp³-hybridized carbons (Fsp3) is 0.647. The molecule has 2 unspecified atom stereocenters. The molecule has 2 atom stereocenters. The van der Waals surface area contributed by atoms with Crippen molar-refractivity contribution in [3.63, 3.8) is 0 Å². The van der Waals surface area contributed by atoms with Gasteiger partial charge in [-0.1, -0.05) is 57.9 Å². The van der Waals surface area contributed by atoms with Gasteiger partial charge in [-0.25, -0.2) is 0 Å². The highest BCUT2D eigenvalue weighted by Crippen LogP contribution is 2.40. The van der Waals surface area contributed by atoms with Crippen molar-refractivity contribution in [2.24, 2.45) is 5.92 Å². The molecule has 17 heavy (non-hydrogen) atoms. The monoisotopic (exact) mass is 232 g/mol. The summed E-state index contributed by atoms with van der Waals surface area (Å²) in [6, 6.07) is 7.03. The molecule has 1 aliphatic rings. The van der Waals surface area contributed by atoms with Gasteiger partial charge in [0.25, 0.3) is 0 Å². The second-order valence-corrected chi connectivity index (χ2v) is 4.92. The first-order valence-electron chi connectivity index (χ1n) is 7.35. The van der Waals surface area contributed by atoms with Crippen molar-refractivity contribution >= 4 is 0 Å². The molecule has 0 saturated carbocycles. The van der Waals surface area contributed by atoms with Gasteiger partial charge in [0.1, 0.15) is 0 Å². The van der Waals surface area contributed by atoms with Crippen LogP contribution in [0.2, 0.25) is 0 Å². The molecule has 0 spiro atoms. The van der Waals surface area contributed by atoms with Gasteiger partial charge in [-0.15, -0.1) is 0 Å². The van der Waals surface area contributed by atoms with Crippen molar-refractivity contribution in [2.75, 3.05) is 0 Å². The van der Waals surface area contributed by atoms with E-state index in [1.807, 2.05) is 13.8 Å². The second kappa shape index (κ2) is 6.83. The van der Waals surface area contributed by atoms with Gasteiger partial charge in [0.05, 0.1) is 0 Å². The van der Waals surface area contributed by atoms with Crippen LogP contribution in [-0.2, 0) is 6.42 Å². The van der Waals surface area contributed by atoms with E-state index in [-0.39, 0.29) is 0 Å². The van der Waals surface area contributed by atoms with Gasteiger partial charge in [-0.05, 0) is 49.1 Å². The van der Waals surface area contributed by atoms with E-state index in [9.17, 15) is 0 Å². The van der Waals surface area contributed by atoms with Crippen molar-refractivity contribution in [2.45, 2.75) is 66.2 Å². The molecule has 0 bridgehead atoms. The molecular weight excluding hydrogens is 204 g/mol. The quantitative estimate of drug-likeness (QED) is 0.632. The molecule has 1 aromatic carbocycles. The summed E-state index contributed by atoms with van der Waals surface area (Å²) in [5.41, 5.74) is 4.68. The van der Waals surface area contributed by atoms with Gasteiger partial charge in [0.15, 0.2) is 0 Å². The van der Waals surface area contributed by atoms with E-state index in [2.05, 4.69) is 39.0 Å². The van der Waals surface area contributed by atoms with E-state index in [1.165, 1.54) is 31.2 Å². The Labute approximate surface area is 107 Å². The first-order chi connectivity index (χ1) is 8.26. The molecule has 0 radical (unpaired) electrons. The smallest absolute Gasteiger partial charge is 0.0133 e. The summed E-state index contributed by atoms with van der Waals surface area (Å²) in [5.74, 6) is 1.74. The Morgan fingerprint density at radius 2 is 1.82 bits per heavy atom. The normalized spacial score (nSPS) is 22.4. The van der Waals surface area contributed by atoms with Crippen LogP contribution in [0.25, 0.3) is 0 Å². The molecule has 0 heterocycles. The van der Waals surface area contributed by atoms with Crippen molar-refractivity contribution in [3.8, 4) is 0 Å². The molecule has 96 valence electrons. The molecule has 0 N–H and O–H groups in total. The molecule has 0 saturated heterocycles. The van der Waals surface area contributed by atoms with E-state index in [4.69, 9.17) is 0 Å². The largest absolute Gasteiger partial charge is 0.0683 e. The van der Waals surface area contributed by atoms with Gasteiger partial charge in [0.2, 0.25) is 0 Å². The van der Waals surface area contributed by atoms with Crippen LogP contribution in [0.5, 0.6) is 0 Å². The third-order valence-electron chi connectivity index (χ3n) is 4.02. The number of benzene rings is 1. The summed E-state index contributed by atoms with van der Waals surface area (Å²) in [5, 5.41) is 0. The number of aryl methyl sites for hydroxylation is 2. The lowest BCUT2D eigenvalue weighted by atomic mass is 9.72. The van der Waals surface area contributed by atoms with E-state index in [0.717, 1.165) is 11.8 Å². The molecule has 1 aromatic rings. The predicted octanol–water partition coefficient (Wildman–Crippen LogP) is 5.49. The zero-order chi connectivity index (χ0) is 12.8. The van der Waals surface area contributed by atoms with Crippen molar-refractivity contribution in [1.29, 1.82) is 0 Å². The van der Waals surface area contributed by atoms with Crippen LogP contribution in [0.1, 0.15) is 69.6 Å². The topological polar surface area (TPSA) is 0 Å². The molecular formula is C17H28. The average molecular weight is 232 g/mol. The van der Waals surface area contributed by atoms with Crippen molar-refractivity contribution in [3.05, 3.63) is 34.9 Å². The van der Waals surface area contributed by atoms with Crippen LogP contribution >= 0.6 is 0 Å². The minimum Gasteiger partial charge on any atom is -0.0683 e. The molecule has 0 amide bonds. The second-order valence-electron chi connectivity index (χ2n) is 4.92. The molecule has 0 nitrogen and oxygen atoms in total. The maximum atomic E-state index is 2.42. The molecule has 0 fully saturated rings. The first kappa shape index (κ1) is 14.3. The number of rotatable bonds is 2. The minimum atomic E-state index is 0.818. The fourth-order valence-electron chi connectivity index (χ4n) is 3.13. The van der Waals surface area contributed by atoms with Gasteiger partial charge in [-0.3, -0.25) is 0 Å². The molecule has 1 aliphatic carbocycles. The number of hydrogen-bond donors (Lipinski definition) is 0. The highest BCUT2D eigenvalue weighted by Gasteiger charge is 2.26. The zero-order valence-electron chi connectivity index (χ0n) is 12.2. The van der Waals surface area contributed by atoms with Crippen LogP contribution in [-0.4, -0.2) is 0 Å². The molecule has 0 heteroatoms. The summed E-state index contributed by atoms with van der Waals surface area (Å²) in [6.07, 6.45) is 5.33. The van der Waals surface area contributed by atoms with Crippen molar-refractivity contribution in [1.82, 2.24) is 0 Å². The van der Waals surface area contributed by atoms with Crippen LogP contribution in [0.15, 0.2) is 18.2 Å². The van der Waals surface area contributed by atoms with Gasteiger partial charge in [-0.2, -0.15) is 0 Å². The zero-order valence-corrected chi connectivity index (χ0v) is 12.2. The summed E-state index contributed by atoms with van der Waals surface area (Å²) >= 11 is 0. The Kier molecular flexibility index (Phi) is 5.74. The Morgan fingerprint density at radius 1 is 1.12 bits per heavy atom. The molecule has 0 aliphatic heterocycles. The number of hydrogen-bond acceptors (Lipinski definition) is 0. The SMILES string of the molecule is CC.CCC1CCc2ccc(C)cc2C1CC. The number of fused-ring (bicyclic) bond motifs is 1. The van der Waals surface area contributed by atoms with Gasteiger partial charge in [0, 0.05) is 0 Å². The summed E-state index contributed by atoms with van der Waals surface area (Å²) < 4.78 is 0. The maximum Gasteiger partial charge on any atom is -0.0133 e. The minimum absolute atomic E-state index is 0.818. The Bertz CT molecular complexity index is 338. The van der Waals surface area contributed by atoms with Crippen LogP contribution < -0.4 is 0 Å². The Morgan fingerprint density at radius 3 is 2.41 bits per heavy atom. The summed E-state index contributed by atoms with van der Waals surface area (Å²) in [7, 11) is 0. The highest BCUT2D eigenvalue weighted by atomic mass is 14.3. The summed E-state index contributed by atoms with van der Waals surface area (Å²) in [4.78, 5) is 0. The Balaban J connectivity index is 0.000000686. The highest BCUT2D eigenvalue weighted by molar-refractivity contribution is 5.36. The Hall–Kier alpha value is -0.780.